The van der Waals surface area contributed by atoms with Crippen molar-refractivity contribution in [2.45, 2.75) is 20.3 Å². The largest absolute Gasteiger partial charge is 0.465 e. The lowest BCUT2D eigenvalue weighted by Crippen LogP contribution is -2.12. The molecule has 3 aromatic rings. The summed E-state index contributed by atoms with van der Waals surface area (Å²) in [5.41, 5.74) is 2.86. The van der Waals surface area contributed by atoms with Gasteiger partial charge in [0.05, 0.1) is 11.9 Å². The van der Waals surface area contributed by atoms with E-state index >= 15 is 0 Å². The first kappa shape index (κ1) is 18.5. The zero-order chi connectivity index (χ0) is 18.9. The fourth-order valence-electron chi connectivity index (χ4n) is 2.49. The molecule has 3 heteroatoms. The van der Waals surface area contributed by atoms with Crippen LogP contribution in [0.5, 0.6) is 11.5 Å². The lowest BCUT2D eigenvalue weighted by atomic mass is 10.2. The number of nitrogens with zero attached hydrogens (tertiary/aromatic N) is 1. The summed E-state index contributed by atoms with van der Waals surface area (Å²) in [5.74, 6) is 2.06. The van der Waals surface area contributed by atoms with Gasteiger partial charge in [0.25, 0.3) is 0 Å². The standard InChI is InChI=1S/C24H23NO2/c1-3-20(18-26-23-16-10-11-19(2)17-23)24(25-21-12-6-4-7-13-21)27-22-14-8-5-9-15-22/h4-18H,3H2,1-2H3/b20-18?,25-24+. The van der Waals surface area contributed by atoms with E-state index in [0.29, 0.717) is 5.90 Å². The first-order valence-corrected chi connectivity index (χ1v) is 9.04. The fraction of sp³-hybridized carbons (Fsp3) is 0.125. The number of benzene rings is 3. The molecule has 0 aliphatic rings. The quantitative estimate of drug-likeness (QED) is 0.287. The summed E-state index contributed by atoms with van der Waals surface area (Å²) in [4.78, 5) is 4.70. The SMILES string of the molecule is CCC(=COc1cccc(C)c1)/C(=N\c1ccccc1)Oc1ccccc1. The molecule has 0 aliphatic heterocycles. The Balaban J connectivity index is 1.91. The highest BCUT2D eigenvalue weighted by Gasteiger charge is 2.10. The van der Waals surface area contributed by atoms with Crippen LogP contribution in [0.2, 0.25) is 0 Å². The van der Waals surface area contributed by atoms with Crippen LogP contribution >= 0.6 is 0 Å². The molecule has 3 aromatic carbocycles. The van der Waals surface area contributed by atoms with Crippen molar-refractivity contribution in [2.75, 3.05) is 0 Å². The summed E-state index contributed by atoms with van der Waals surface area (Å²) in [6, 6.07) is 27.4. The van der Waals surface area contributed by atoms with Crippen molar-refractivity contribution in [1.29, 1.82) is 0 Å². The minimum Gasteiger partial charge on any atom is -0.465 e. The molecule has 0 bridgehead atoms. The van der Waals surface area contributed by atoms with Crippen molar-refractivity contribution in [2.24, 2.45) is 4.99 Å². The van der Waals surface area contributed by atoms with E-state index in [1.54, 1.807) is 6.26 Å². The summed E-state index contributed by atoms with van der Waals surface area (Å²) in [6.45, 7) is 4.10. The first-order chi connectivity index (χ1) is 13.2. The molecule has 0 unspecified atom stereocenters. The Labute approximate surface area is 160 Å². The van der Waals surface area contributed by atoms with E-state index in [-0.39, 0.29) is 0 Å². The predicted molar refractivity (Wildman–Crippen MR) is 111 cm³/mol. The van der Waals surface area contributed by atoms with E-state index in [2.05, 4.69) is 6.92 Å². The van der Waals surface area contributed by atoms with E-state index in [1.165, 1.54) is 0 Å². The molecule has 27 heavy (non-hydrogen) atoms. The average Bonchev–Trinajstić information content (AvgIpc) is 2.70. The van der Waals surface area contributed by atoms with Gasteiger partial charge in [0.15, 0.2) is 0 Å². The highest BCUT2D eigenvalue weighted by Crippen LogP contribution is 2.20. The van der Waals surface area contributed by atoms with Gasteiger partial charge in [-0.3, -0.25) is 0 Å². The van der Waals surface area contributed by atoms with Gasteiger partial charge < -0.3 is 9.47 Å². The second kappa shape index (κ2) is 9.39. The van der Waals surface area contributed by atoms with Crippen LogP contribution in [0.3, 0.4) is 0 Å². The molecule has 0 aromatic heterocycles. The number of hydrogen-bond donors (Lipinski definition) is 0. The maximum atomic E-state index is 6.09. The lowest BCUT2D eigenvalue weighted by molar-refractivity contribution is 0.471. The smallest absolute Gasteiger partial charge is 0.226 e. The summed E-state index contributed by atoms with van der Waals surface area (Å²) in [6.07, 6.45) is 2.45. The van der Waals surface area contributed by atoms with Gasteiger partial charge in [0.2, 0.25) is 5.90 Å². The van der Waals surface area contributed by atoms with Crippen LogP contribution in [-0.2, 0) is 0 Å². The maximum absolute atomic E-state index is 6.09. The number of para-hydroxylation sites is 2. The third-order valence-corrected chi connectivity index (χ3v) is 3.93. The minimum absolute atomic E-state index is 0.530. The summed E-state index contributed by atoms with van der Waals surface area (Å²) in [5, 5.41) is 0. The Kier molecular flexibility index (Phi) is 6.42. The van der Waals surface area contributed by atoms with Crippen LogP contribution in [0.4, 0.5) is 5.69 Å². The minimum atomic E-state index is 0.530. The molecule has 0 saturated carbocycles. The predicted octanol–water partition coefficient (Wildman–Crippen LogP) is 6.48. The molecule has 0 atom stereocenters. The van der Waals surface area contributed by atoms with Gasteiger partial charge in [0, 0.05) is 5.57 Å². The molecule has 3 rings (SSSR count). The number of aryl methyl sites for hydroxylation is 1. The first-order valence-electron chi connectivity index (χ1n) is 9.04. The van der Waals surface area contributed by atoms with Crippen molar-refractivity contribution in [3.05, 3.63) is 102 Å². The monoisotopic (exact) mass is 357 g/mol. The normalized spacial score (nSPS) is 11.9. The van der Waals surface area contributed by atoms with Crippen molar-refractivity contribution in [3.63, 3.8) is 0 Å². The molecule has 0 N–H and O–H groups in total. The zero-order valence-electron chi connectivity index (χ0n) is 15.6. The van der Waals surface area contributed by atoms with Crippen molar-refractivity contribution >= 4 is 11.6 Å². The summed E-state index contributed by atoms with van der Waals surface area (Å²) >= 11 is 0. The third kappa shape index (κ3) is 5.58. The topological polar surface area (TPSA) is 30.8 Å². The molecule has 0 heterocycles. The highest BCUT2D eigenvalue weighted by molar-refractivity contribution is 5.96. The van der Waals surface area contributed by atoms with Gasteiger partial charge in [-0.05, 0) is 55.3 Å². The Morgan fingerprint density at radius 2 is 1.52 bits per heavy atom. The molecule has 0 saturated heterocycles. The molecule has 0 fully saturated rings. The summed E-state index contributed by atoms with van der Waals surface area (Å²) in [7, 11) is 0. The lowest BCUT2D eigenvalue weighted by Gasteiger charge is -2.12. The van der Waals surface area contributed by atoms with Crippen molar-refractivity contribution in [3.8, 4) is 11.5 Å². The fourth-order valence-corrected chi connectivity index (χ4v) is 2.49. The highest BCUT2D eigenvalue weighted by atomic mass is 16.5. The number of hydrogen-bond acceptors (Lipinski definition) is 3. The number of rotatable bonds is 6. The third-order valence-electron chi connectivity index (χ3n) is 3.93. The Bertz CT molecular complexity index is 915. The van der Waals surface area contributed by atoms with E-state index < -0.39 is 0 Å². The van der Waals surface area contributed by atoms with Gasteiger partial charge in [-0.15, -0.1) is 0 Å². The second-order valence-electron chi connectivity index (χ2n) is 6.10. The second-order valence-corrected chi connectivity index (χ2v) is 6.10. The van der Waals surface area contributed by atoms with Crippen molar-refractivity contribution < 1.29 is 9.47 Å². The maximum Gasteiger partial charge on any atom is 0.226 e. The zero-order valence-corrected chi connectivity index (χ0v) is 15.6. The Morgan fingerprint density at radius 3 is 2.19 bits per heavy atom. The average molecular weight is 357 g/mol. The van der Waals surface area contributed by atoms with Gasteiger partial charge >= 0.3 is 0 Å². The molecule has 0 amide bonds. The van der Waals surface area contributed by atoms with E-state index in [9.17, 15) is 0 Å². The van der Waals surface area contributed by atoms with Crippen molar-refractivity contribution in [1.82, 2.24) is 0 Å². The van der Waals surface area contributed by atoms with Crippen LogP contribution in [0.25, 0.3) is 0 Å². The van der Waals surface area contributed by atoms with Crippen LogP contribution in [0.1, 0.15) is 18.9 Å². The molecule has 0 radical (unpaired) electrons. The van der Waals surface area contributed by atoms with E-state index in [0.717, 1.165) is 34.7 Å². The molecular weight excluding hydrogens is 334 g/mol. The molecule has 0 spiro atoms. The van der Waals surface area contributed by atoms with E-state index in [4.69, 9.17) is 14.5 Å². The number of aliphatic imine (C=N–C) groups is 1. The number of ether oxygens (including phenoxy) is 2. The van der Waals surface area contributed by atoms with Crippen LogP contribution in [0.15, 0.2) is 102 Å². The van der Waals surface area contributed by atoms with Gasteiger partial charge in [-0.25, -0.2) is 4.99 Å². The van der Waals surface area contributed by atoms with E-state index in [1.807, 2.05) is 91.9 Å². The Morgan fingerprint density at radius 1 is 0.852 bits per heavy atom. The van der Waals surface area contributed by atoms with Crippen LogP contribution in [0, 0.1) is 6.92 Å². The van der Waals surface area contributed by atoms with Crippen LogP contribution < -0.4 is 9.47 Å². The molecule has 0 aliphatic carbocycles. The van der Waals surface area contributed by atoms with Gasteiger partial charge in [0.1, 0.15) is 11.5 Å². The van der Waals surface area contributed by atoms with Gasteiger partial charge in [-0.2, -0.15) is 0 Å². The molecule has 136 valence electrons. The molecule has 3 nitrogen and oxygen atoms in total. The van der Waals surface area contributed by atoms with Gasteiger partial charge in [-0.1, -0.05) is 55.5 Å². The molecular formula is C24H23NO2. The van der Waals surface area contributed by atoms with Crippen LogP contribution in [-0.4, -0.2) is 5.90 Å². The Hall–Kier alpha value is -3.33. The summed E-state index contributed by atoms with van der Waals surface area (Å²) < 4.78 is 12.0.